The van der Waals surface area contributed by atoms with Crippen LogP contribution in [0.25, 0.3) is 0 Å². The van der Waals surface area contributed by atoms with Gasteiger partial charge in [-0.05, 0) is 45.3 Å². The van der Waals surface area contributed by atoms with E-state index in [-0.39, 0.29) is 24.7 Å². The van der Waals surface area contributed by atoms with Crippen LogP contribution in [0.4, 0.5) is 0 Å². The van der Waals surface area contributed by atoms with Crippen molar-refractivity contribution in [2.45, 2.75) is 38.8 Å². The Morgan fingerprint density at radius 3 is 2.90 bits per heavy atom. The molecule has 4 nitrogen and oxygen atoms in total. The van der Waals surface area contributed by atoms with Gasteiger partial charge in [0.25, 0.3) is 0 Å². The number of benzene rings is 1. The first-order chi connectivity index (χ1) is 9.65. The molecule has 0 saturated carbocycles. The Hall–Kier alpha value is -1.39. The molecule has 0 aromatic heterocycles. The first kappa shape index (κ1) is 15.0. The molecule has 0 bridgehead atoms. The minimum atomic E-state index is -0.0439. The molecule has 1 atom stereocenters. The topological polar surface area (TPSA) is 50.4 Å². The van der Waals surface area contributed by atoms with Crippen LogP contribution in [0.15, 0.2) is 24.3 Å². The third-order valence-corrected chi connectivity index (χ3v) is 3.66. The average molecular weight is 276 g/mol. The van der Waals surface area contributed by atoms with Gasteiger partial charge in [0.2, 0.25) is 5.91 Å². The SMILES string of the molecule is Cc1cccc([C@H](C)NC(=O)COC2CCNCC2)c1. The van der Waals surface area contributed by atoms with E-state index in [0.29, 0.717) is 0 Å². The van der Waals surface area contributed by atoms with E-state index in [0.717, 1.165) is 31.5 Å². The lowest BCUT2D eigenvalue weighted by Crippen LogP contribution is -2.36. The number of nitrogens with one attached hydrogen (secondary N) is 2. The summed E-state index contributed by atoms with van der Waals surface area (Å²) in [5.74, 6) is -0.0439. The highest BCUT2D eigenvalue weighted by molar-refractivity contribution is 5.77. The summed E-state index contributed by atoms with van der Waals surface area (Å²) in [6.07, 6.45) is 2.19. The third-order valence-electron chi connectivity index (χ3n) is 3.66. The first-order valence-corrected chi connectivity index (χ1v) is 7.33. The van der Waals surface area contributed by atoms with E-state index in [9.17, 15) is 4.79 Å². The number of piperidine rings is 1. The van der Waals surface area contributed by atoms with Crippen LogP contribution >= 0.6 is 0 Å². The van der Waals surface area contributed by atoms with Crippen LogP contribution in [0.5, 0.6) is 0 Å². The van der Waals surface area contributed by atoms with Crippen molar-refractivity contribution >= 4 is 5.91 Å². The third kappa shape index (κ3) is 4.62. The summed E-state index contributed by atoms with van der Waals surface area (Å²) in [5, 5.41) is 6.26. The molecule has 1 amide bonds. The molecular formula is C16H24N2O2. The molecule has 0 spiro atoms. The molecule has 110 valence electrons. The number of rotatable bonds is 5. The summed E-state index contributed by atoms with van der Waals surface area (Å²) in [6.45, 7) is 6.16. The van der Waals surface area contributed by atoms with Crippen LogP contribution in [0.1, 0.15) is 36.9 Å². The molecule has 0 radical (unpaired) electrons. The van der Waals surface area contributed by atoms with Crippen molar-refractivity contribution in [1.82, 2.24) is 10.6 Å². The van der Waals surface area contributed by atoms with Gasteiger partial charge in [0, 0.05) is 0 Å². The standard InChI is InChI=1S/C16H24N2O2/c1-12-4-3-5-14(10-12)13(2)18-16(19)11-20-15-6-8-17-9-7-15/h3-5,10,13,15,17H,6-9,11H2,1-2H3,(H,18,19)/t13-/m0/s1. The Bertz CT molecular complexity index is 442. The number of hydrogen-bond acceptors (Lipinski definition) is 3. The van der Waals surface area contributed by atoms with Crippen molar-refractivity contribution in [3.63, 3.8) is 0 Å². The quantitative estimate of drug-likeness (QED) is 0.864. The summed E-state index contributed by atoms with van der Waals surface area (Å²) in [6, 6.07) is 8.21. The lowest BCUT2D eigenvalue weighted by Gasteiger charge is -2.23. The molecule has 2 N–H and O–H groups in total. The van der Waals surface area contributed by atoms with Crippen LogP contribution in [-0.2, 0) is 9.53 Å². The van der Waals surface area contributed by atoms with Gasteiger partial charge in [-0.2, -0.15) is 0 Å². The largest absolute Gasteiger partial charge is 0.368 e. The number of ether oxygens (including phenoxy) is 1. The maximum atomic E-state index is 11.9. The summed E-state index contributed by atoms with van der Waals surface area (Å²) < 4.78 is 5.65. The molecule has 1 aliphatic rings. The van der Waals surface area contributed by atoms with Crippen LogP contribution in [-0.4, -0.2) is 31.7 Å². The minimum Gasteiger partial charge on any atom is -0.368 e. The second kappa shape index (κ2) is 7.41. The van der Waals surface area contributed by atoms with Crippen LogP contribution in [0.3, 0.4) is 0 Å². The molecule has 4 heteroatoms. The van der Waals surface area contributed by atoms with Gasteiger partial charge in [-0.3, -0.25) is 4.79 Å². The van der Waals surface area contributed by atoms with Crippen molar-refractivity contribution in [1.29, 1.82) is 0 Å². The molecule has 1 fully saturated rings. The zero-order chi connectivity index (χ0) is 14.4. The predicted molar refractivity (Wildman–Crippen MR) is 79.6 cm³/mol. The Morgan fingerprint density at radius 2 is 2.20 bits per heavy atom. The average Bonchev–Trinajstić information content (AvgIpc) is 2.46. The molecule has 2 rings (SSSR count). The van der Waals surface area contributed by atoms with Crippen molar-refractivity contribution in [3.8, 4) is 0 Å². The highest BCUT2D eigenvalue weighted by Crippen LogP contribution is 2.13. The zero-order valence-electron chi connectivity index (χ0n) is 12.3. The molecule has 1 aliphatic heterocycles. The van der Waals surface area contributed by atoms with Gasteiger partial charge < -0.3 is 15.4 Å². The normalized spacial score (nSPS) is 17.7. The summed E-state index contributed by atoms with van der Waals surface area (Å²) in [7, 11) is 0. The Labute approximate surface area is 120 Å². The fraction of sp³-hybridized carbons (Fsp3) is 0.562. The highest BCUT2D eigenvalue weighted by atomic mass is 16.5. The summed E-state index contributed by atoms with van der Waals surface area (Å²) in [5.41, 5.74) is 2.33. The number of aryl methyl sites for hydroxylation is 1. The number of carbonyl (C=O) groups is 1. The fourth-order valence-corrected chi connectivity index (χ4v) is 2.46. The minimum absolute atomic E-state index is 0.0130. The lowest BCUT2D eigenvalue weighted by atomic mass is 10.1. The fourth-order valence-electron chi connectivity index (χ4n) is 2.46. The number of carbonyl (C=O) groups excluding carboxylic acids is 1. The summed E-state index contributed by atoms with van der Waals surface area (Å²) in [4.78, 5) is 11.9. The van der Waals surface area contributed by atoms with Crippen LogP contribution < -0.4 is 10.6 Å². The Morgan fingerprint density at radius 1 is 1.45 bits per heavy atom. The van der Waals surface area contributed by atoms with Crippen molar-refractivity contribution in [2.24, 2.45) is 0 Å². The monoisotopic (exact) mass is 276 g/mol. The van der Waals surface area contributed by atoms with Gasteiger partial charge in [-0.1, -0.05) is 29.8 Å². The number of hydrogen-bond donors (Lipinski definition) is 2. The molecule has 0 unspecified atom stereocenters. The predicted octanol–water partition coefficient (Wildman–Crippen LogP) is 1.94. The smallest absolute Gasteiger partial charge is 0.246 e. The molecule has 1 aromatic carbocycles. The second-order valence-corrected chi connectivity index (χ2v) is 5.46. The van der Waals surface area contributed by atoms with Gasteiger partial charge in [0.05, 0.1) is 12.1 Å². The molecule has 0 aliphatic carbocycles. The maximum Gasteiger partial charge on any atom is 0.246 e. The molecule has 1 aromatic rings. The van der Waals surface area contributed by atoms with Gasteiger partial charge in [-0.25, -0.2) is 0 Å². The van der Waals surface area contributed by atoms with E-state index in [1.54, 1.807) is 0 Å². The Kier molecular flexibility index (Phi) is 5.56. The van der Waals surface area contributed by atoms with E-state index in [1.165, 1.54) is 5.56 Å². The van der Waals surface area contributed by atoms with E-state index in [1.807, 2.05) is 19.1 Å². The molecule has 1 heterocycles. The lowest BCUT2D eigenvalue weighted by molar-refractivity contribution is -0.128. The van der Waals surface area contributed by atoms with Crippen LogP contribution in [0.2, 0.25) is 0 Å². The molecule has 1 saturated heterocycles. The van der Waals surface area contributed by atoms with E-state index in [2.05, 4.69) is 29.7 Å². The van der Waals surface area contributed by atoms with Crippen molar-refractivity contribution in [2.75, 3.05) is 19.7 Å². The van der Waals surface area contributed by atoms with Crippen molar-refractivity contribution in [3.05, 3.63) is 35.4 Å². The van der Waals surface area contributed by atoms with E-state index < -0.39 is 0 Å². The van der Waals surface area contributed by atoms with E-state index in [4.69, 9.17) is 4.74 Å². The van der Waals surface area contributed by atoms with Gasteiger partial charge in [0.1, 0.15) is 6.61 Å². The Balaban J connectivity index is 1.76. The second-order valence-electron chi connectivity index (χ2n) is 5.46. The first-order valence-electron chi connectivity index (χ1n) is 7.33. The van der Waals surface area contributed by atoms with E-state index >= 15 is 0 Å². The van der Waals surface area contributed by atoms with Gasteiger partial charge in [-0.15, -0.1) is 0 Å². The van der Waals surface area contributed by atoms with Gasteiger partial charge >= 0.3 is 0 Å². The zero-order valence-corrected chi connectivity index (χ0v) is 12.3. The maximum absolute atomic E-state index is 11.9. The van der Waals surface area contributed by atoms with Gasteiger partial charge in [0.15, 0.2) is 0 Å². The van der Waals surface area contributed by atoms with Crippen LogP contribution in [0, 0.1) is 6.92 Å². The highest BCUT2D eigenvalue weighted by Gasteiger charge is 2.16. The molecule has 20 heavy (non-hydrogen) atoms. The molecular weight excluding hydrogens is 252 g/mol. The summed E-state index contributed by atoms with van der Waals surface area (Å²) >= 11 is 0. The number of amides is 1. The van der Waals surface area contributed by atoms with Crippen molar-refractivity contribution < 1.29 is 9.53 Å².